The molecule has 0 aliphatic heterocycles. The highest BCUT2D eigenvalue weighted by molar-refractivity contribution is 5.81. The molecule has 3 nitrogen and oxygen atoms in total. The zero-order valence-corrected chi connectivity index (χ0v) is 15.9. The van der Waals surface area contributed by atoms with E-state index in [9.17, 15) is 4.79 Å². The lowest BCUT2D eigenvalue weighted by molar-refractivity contribution is -0.128. The number of benzene rings is 2. The van der Waals surface area contributed by atoms with Gasteiger partial charge in [-0.2, -0.15) is 0 Å². The Hall–Kier alpha value is -2.29. The van der Waals surface area contributed by atoms with Gasteiger partial charge in [0.05, 0.1) is 6.04 Å². The molecule has 0 aromatic heterocycles. The van der Waals surface area contributed by atoms with Gasteiger partial charge < -0.3 is 10.1 Å². The van der Waals surface area contributed by atoms with Crippen LogP contribution in [-0.4, -0.2) is 12.0 Å². The molecule has 2 aromatic carbocycles. The second kappa shape index (κ2) is 8.19. The largest absolute Gasteiger partial charge is 0.481 e. The Kier molecular flexibility index (Phi) is 6.24. The van der Waals surface area contributed by atoms with Crippen LogP contribution in [0, 0.1) is 0 Å². The van der Waals surface area contributed by atoms with E-state index in [4.69, 9.17) is 4.74 Å². The maximum atomic E-state index is 12.6. The van der Waals surface area contributed by atoms with Gasteiger partial charge in [-0.15, -0.1) is 0 Å². The fourth-order valence-electron chi connectivity index (χ4n) is 2.65. The van der Waals surface area contributed by atoms with E-state index in [1.807, 2.05) is 56.3 Å². The Morgan fingerprint density at radius 3 is 2.16 bits per heavy atom. The van der Waals surface area contributed by atoms with Crippen LogP contribution in [0.15, 0.2) is 54.6 Å². The number of rotatable bonds is 6. The summed E-state index contributed by atoms with van der Waals surface area (Å²) in [5.74, 6) is 0.640. The summed E-state index contributed by atoms with van der Waals surface area (Å²) in [4.78, 5) is 12.6. The van der Waals surface area contributed by atoms with Crippen molar-refractivity contribution in [3.05, 3.63) is 65.7 Å². The minimum atomic E-state index is -0.494. The summed E-state index contributed by atoms with van der Waals surface area (Å²) in [5.41, 5.74) is 2.43. The molecule has 0 aliphatic rings. The first-order valence-electron chi connectivity index (χ1n) is 8.93. The van der Waals surface area contributed by atoms with Crippen LogP contribution < -0.4 is 10.1 Å². The van der Waals surface area contributed by atoms with Gasteiger partial charge in [-0.05, 0) is 42.0 Å². The van der Waals surface area contributed by atoms with Crippen LogP contribution >= 0.6 is 0 Å². The lowest BCUT2D eigenvalue weighted by Crippen LogP contribution is -2.39. The van der Waals surface area contributed by atoms with Gasteiger partial charge in [-0.3, -0.25) is 4.79 Å². The van der Waals surface area contributed by atoms with Gasteiger partial charge in [0.25, 0.3) is 5.91 Å². The molecule has 1 amide bonds. The van der Waals surface area contributed by atoms with Gasteiger partial charge >= 0.3 is 0 Å². The third-order valence-corrected chi connectivity index (χ3v) is 4.32. The monoisotopic (exact) mass is 339 g/mol. The maximum absolute atomic E-state index is 12.6. The van der Waals surface area contributed by atoms with E-state index < -0.39 is 6.10 Å². The number of carbonyl (C=O) groups is 1. The third-order valence-electron chi connectivity index (χ3n) is 4.32. The van der Waals surface area contributed by atoms with Gasteiger partial charge in [-0.25, -0.2) is 0 Å². The normalized spacial score (nSPS) is 13.8. The lowest BCUT2D eigenvalue weighted by Gasteiger charge is -2.22. The molecule has 2 aromatic rings. The highest BCUT2D eigenvalue weighted by Crippen LogP contribution is 2.25. The van der Waals surface area contributed by atoms with Crippen molar-refractivity contribution in [3.63, 3.8) is 0 Å². The van der Waals surface area contributed by atoms with Crippen molar-refractivity contribution < 1.29 is 9.53 Å². The number of hydrogen-bond acceptors (Lipinski definition) is 2. The molecular formula is C22H29NO2. The predicted octanol–water partition coefficient (Wildman–Crippen LogP) is 5.02. The first kappa shape index (κ1) is 19.0. The zero-order chi connectivity index (χ0) is 18.4. The van der Waals surface area contributed by atoms with Crippen molar-refractivity contribution in [1.82, 2.24) is 5.32 Å². The smallest absolute Gasteiger partial charge is 0.261 e. The van der Waals surface area contributed by atoms with Crippen molar-refractivity contribution in [3.8, 4) is 5.75 Å². The van der Waals surface area contributed by atoms with Crippen LogP contribution in [0.5, 0.6) is 5.75 Å². The first-order chi connectivity index (χ1) is 11.8. The number of nitrogens with one attached hydrogen (secondary N) is 1. The molecule has 134 valence electrons. The first-order valence-corrected chi connectivity index (χ1v) is 8.93. The van der Waals surface area contributed by atoms with Gasteiger partial charge in [0.1, 0.15) is 5.75 Å². The molecular weight excluding hydrogens is 310 g/mol. The number of hydrogen-bond donors (Lipinski definition) is 1. The van der Waals surface area contributed by atoms with E-state index in [0.717, 1.165) is 11.3 Å². The molecule has 3 heteroatoms. The Balaban J connectivity index is 2.00. The summed E-state index contributed by atoms with van der Waals surface area (Å²) in [7, 11) is 0. The van der Waals surface area contributed by atoms with Gasteiger partial charge in [-0.1, -0.05) is 70.2 Å². The topological polar surface area (TPSA) is 38.3 Å². The average molecular weight is 339 g/mol. The quantitative estimate of drug-likeness (QED) is 0.802. The number of amides is 1. The Labute approximate surface area is 151 Å². The van der Waals surface area contributed by atoms with Crippen LogP contribution in [0.4, 0.5) is 0 Å². The standard InChI is InChI=1S/C22H29NO2/c1-6-20(21(24)23-16(2)17-10-8-7-9-11-17)25-19-14-12-18(13-15-19)22(3,4)5/h7-16,20H,6H2,1-5H3,(H,23,24)/t16-,20-/m1/s1. The molecule has 0 radical (unpaired) electrons. The SMILES string of the molecule is CC[C@@H](Oc1ccc(C(C)(C)C)cc1)C(=O)N[C@H](C)c1ccccc1. The number of carbonyl (C=O) groups excluding carboxylic acids is 1. The summed E-state index contributed by atoms with van der Waals surface area (Å²) < 4.78 is 5.92. The molecule has 0 spiro atoms. The predicted molar refractivity (Wildman–Crippen MR) is 103 cm³/mol. The van der Waals surface area contributed by atoms with Gasteiger partial charge in [0.15, 0.2) is 6.10 Å². The molecule has 0 bridgehead atoms. The van der Waals surface area contributed by atoms with Gasteiger partial charge in [0.2, 0.25) is 0 Å². The summed E-state index contributed by atoms with van der Waals surface area (Å²) in [6.07, 6.45) is 0.126. The Morgan fingerprint density at radius 2 is 1.64 bits per heavy atom. The van der Waals surface area contributed by atoms with E-state index >= 15 is 0 Å². The van der Waals surface area contributed by atoms with E-state index in [2.05, 4.69) is 38.2 Å². The van der Waals surface area contributed by atoms with Crippen molar-refractivity contribution in [1.29, 1.82) is 0 Å². The average Bonchev–Trinajstić information content (AvgIpc) is 2.60. The molecule has 2 rings (SSSR count). The third kappa shape index (κ3) is 5.35. The molecule has 0 saturated heterocycles. The lowest BCUT2D eigenvalue weighted by atomic mass is 9.87. The van der Waals surface area contributed by atoms with E-state index in [-0.39, 0.29) is 17.4 Å². The van der Waals surface area contributed by atoms with Crippen molar-refractivity contribution in [2.24, 2.45) is 0 Å². The zero-order valence-electron chi connectivity index (χ0n) is 15.9. The van der Waals surface area contributed by atoms with E-state index in [1.54, 1.807) is 0 Å². The van der Waals surface area contributed by atoms with Crippen LogP contribution in [-0.2, 0) is 10.2 Å². The number of ether oxygens (including phenoxy) is 1. The molecule has 25 heavy (non-hydrogen) atoms. The van der Waals surface area contributed by atoms with E-state index in [1.165, 1.54) is 5.56 Å². The van der Waals surface area contributed by atoms with Crippen LogP contribution in [0.2, 0.25) is 0 Å². The minimum Gasteiger partial charge on any atom is -0.481 e. The van der Waals surface area contributed by atoms with Crippen molar-refractivity contribution >= 4 is 5.91 Å². The highest BCUT2D eigenvalue weighted by Gasteiger charge is 2.21. The Bertz CT molecular complexity index is 671. The molecule has 0 heterocycles. The molecule has 2 atom stereocenters. The molecule has 0 saturated carbocycles. The van der Waals surface area contributed by atoms with E-state index in [0.29, 0.717) is 6.42 Å². The second-order valence-corrected chi connectivity index (χ2v) is 7.43. The highest BCUT2D eigenvalue weighted by atomic mass is 16.5. The van der Waals surface area contributed by atoms with Crippen molar-refractivity contribution in [2.75, 3.05) is 0 Å². The summed E-state index contributed by atoms with van der Waals surface area (Å²) >= 11 is 0. The summed E-state index contributed by atoms with van der Waals surface area (Å²) in [6, 6.07) is 17.9. The minimum absolute atomic E-state index is 0.0467. The molecule has 0 fully saturated rings. The molecule has 0 unspecified atom stereocenters. The molecule has 0 aliphatic carbocycles. The second-order valence-electron chi connectivity index (χ2n) is 7.43. The summed E-state index contributed by atoms with van der Waals surface area (Å²) in [5, 5.41) is 3.04. The fourth-order valence-corrected chi connectivity index (χ4v) is 2.65. The van der Waals surface area contributed by atoms with Crippen LogP contribution in [0.3, 0.4) is 0 Å². The van der Waals surface area contributed by atoms with Crippen LogP contribution in [0.1, 0.15) is 58.2 Å². The van der Waals surface area contributed by atoms with Crippen LogP contribution in [0.25, 0.3) is 0 Å². The fraction of sp³-hybridized carbons (Fsp3) is 0.409. The Morgan fingerprint density at radius 1 is 1.04 bits per heavy atom. The summed E-state index contributed by atoms with van der Waals surface area (Å²) in [6.45, 7) is 10.5. The van der Waals surface area contributed by atoms with Crippen molar-refractivity contribution in [2.45, 2.75) is 58.6 Å². The van der Waals surface area contributed by atoms with Gasteiger partial charge in [0, 0.05) is 0 Å². The molecule has 1 N–H and O–H groups in total. The maximum Gasteiger partial charge on any atom is 0.261 e.